The van der Waals surface area contributed by atoms with Crippen molar-refractivity contribution in [2.24, 2.45) is 5.73 Å². The third kappa shape index (κ3) is 3.85. The Bertz CT molecular complexity index is 533. The van der Waals surface area contributed by atoms with Gasteiger partial charge in [0, 0.05) is 30.9 Å². The number of hydrogen-bond acceptors (Lipinski definition) is 3. The largest absolute Gasteiger partial charge is 0.417 e. The van der Waals surface area contributed by atoms with Crippen molar-refractivity contribution in [1.29, 1.82) is 0 Å². The van der Waals surface area contributed by atoms with Crippen molar-refractivity contribution in [2.75, 3.05) is 24.6 Å². The predicted molar refractivity (Wildman–Crippen MR) is 79.6 cm³/mol. The first-order valence-electron chi connectivity index (χ1n) is 6.66. The number of nitrogens with two attached hydrogens (primary N) is 1. The predicted octanol–water partition coefficient (Wildman–Crippen LogP) is 2.95. The molecule has 2 N–H and O–H groups in total. The molecule has 0 amide bonds. The van der Waals surface area contributed by atoms with Gasteiger partial charge in [-0.3, -0.25) is 0 Å². The van der Waals surface area contributed by atoms with E-state index in [0.29, 0.717) is 18.8 Å². The Morgan fingerprint density at radius 1 is 1.43 bits per heavy atom. The summed E-state index contributed by atoms with van der Waals surface area (Å²) in [6.07, 6.45) is -3.61. The number of thiocarbonyl (C=S) groups is 1. The summed E-state index contributed by atoms with van der Waals surface area (Å²) in [7, 11) is 0. The van der Waals surface area contributed by atoms with Crippen molar-refractivity contribution in [1.82, 2.24) is 0 Å². The minimum Gasteiger partial charge on any atom is -0.389 e. The molecule has 2 rings (SSSR count). The lowest BCUT2D eigenvalue weighted by molar-refractivity contribution is -0.137. The Labute approximate surface area is 126 Å². The molecular formula is C14H17F3N2OS. The van der Waals surface area contributed by atoms with Gasteiger partial charge in [-0.2, -0.15) is 13.2 Å². The molecule has 1 saturated heterocycles. The van der Waals surface area contributed by atoms with Crippen molar-refractivity contribution in [3.05, 3.63) is 29.3 Å². The van der Waals surface area contributed by atoms with Gasteiger partial charge in [0.25, 0.3) is 0 Å². The third-order valence-electron chi connectivity index (χ3n) is 3.39. The van der Waals surface area contributed by atoms with Gasteiger partial charge in [0.05, 0.1) is 11.7 Å². The number of rotatable bonds is 2. The van der Waals surface area contributed by atoms with Gasteiger partial charge in [-0.15, -0.1) is 0 Å². The van der Waals surface area contributed by atoms with Gasteiger partial charge in [0.15, 0.2) is 0 Å². The van der Waals surface area contributed by atoms with E-state index in [1.807, 2.05) is 11.8 Å². The van der Waals surface area contributed by atoms with Gasteiger partial charge in [0.2, 0.25) is 0 Å². The van der Waals surface area contributed by atoms with E-state index < -0.39 is 11.7 Å². The van der Waals surface area contributed by atoms with Gasteiger partial charge < -0.3 is 15.4 Å². The van der Waals surface area contributed by atoms with Crippen LogP contribution < -0.4 is 10.6 Å². The van der Waals surface area contributed by atoms with Crippen molar-refractivity contribution in [2.45, 2.75) is 25.6 Å². The Hall–Kier alpha value is -1.34. The summed E-state index contributed by atoms with van der Waals surface area (Å²) in [4.78, 5) is 1.75. The Morgan fingerprint density at radius 2 is 2.14 bits per heavy atom. The highest BCUT2D eigenvalue weighted by Gasteiger charge is 2.34. The summed E-state index contributed by atoms with van der Waals surface area (Å²) < 4.78 is 44.4. The molecule has 1 atom stereocenters. The number of nitrogens with zero attached hydrogens (tertiary/aromatic N) is 1. The topological polar surface area (TPSA) is 38.5 Å². The molecule has 1 aliphatic rings. The van der Waals surface area contributed by atoms with Crippen LogP contribution in [0, 0.1) is 0 Å². The highest BCUT2D eigenvalue weighted by Crippen LogP contribution is 2.34. The van der Waals surface area contributed by atoms with Crippen molar-refractivity contribution in [3.63, 3.8) is 0 Å². The van der Waals surface area contributed by atoms with Gasteiger partial charge in [-0.25, -0.2) is 0 Å². The first-order chi connectivity index (χ1) is 9.79. The summed E-state index contributed by atoms with van der Waals surface area (Å²) >= 11 is 4.76. The van der Waals surface area contributed by atoms with E-state index in [1.165, 1.54) is 12.1 Å². The van der Waals surface area contributed by atoms with E-state index in [9.17, 15) is 13.2 Å². The van der Waals surface area contributed by atoms with Crippen LogP contribution in [-0.2, 0) is 10.9 Å². The smallest absolute Gasteiger partial charge is 0.389 e. The fourth-order valence-electron chi connectivity index (χ4n) is 2.41. The van der Waals surface area contributed by atoms with E-state index >= 15 is 0 Å². The van der Waals surface area contributed by atoms with E-state index in [2.05, 4.69) is 0 Å². The summed E-state index contributed by atoms with van der Waals surface area (Å²) in [5, 5.41) is 0. The summed E-state index contributed by atoms with van der Waals surface area (Å²) in [6.45, 7) is 3.95. The van der Waals surface area contributed by atoms with Gasteiger partial charge in [-0.1, -0.05) is 12.2 Å². The highest BCUT2D eigenvalue weighted by atomic mass is 32.1. The van der Waals surface area contributed by atoms with Crippen LogP contribution in [0.5, 0.6) is 0 Å². The number of benzene rings is 1. The maximum Gasteiger partial charge on any atom is 0.417 e. The fourth-order valence-corrected chi connectivity index (χ4v) is 2.58. The fraction of sp³-hybridized carbons (Fsp3) is 0.500. The molecule has 0 bridgehead atoms. The molecule has 0 saturated carbocycles. The van der Waals surface area contributed by atoms with Crippen LogP contribution in [0.4, 0.5) is 18.9 Å². The maximum absolute atomic E-state index is 13.0. The molecule has 1 aliphatic heterocycles. The normalized spacial score (nSPS) is 20.2. The molecule has 0 aromatic heterocycles. The van der Waals surface area contributed by atoms with Crippen LogP contribution in [0.2, 0.25) is 0 Å². The number of hydrogen-bond donors (Lipinski definition) is 1. The minimum absolute atomic E-state index is 0.0306. The molecule has 0 radical (unpaired) electrons. The van der Waals surface area contributed by atoms with E-state index in [4.69, 9.17) is 22.7 Å². The Balaban J connectivity index is 2.37. The first kappa shape index (κ1) is 16.0. The van der Waals surface area contributed by atoms with Crippen LogP contribution in [0.15, 0.2) is 18.2 Å². The monoisotopic (exact) mass is 318 g/mol. The lowest BCUT2D eigenvalue weighted by atomic mass is 10.1. The SMILES string of the molecule is CC1CN(c2ccc(C(F)(F)F)c(C(N)=S)c2)CCCO1. The number of anilines is 1. The van der Waals surface area contributed by atoms with Gasteiger partial charge in [0.1, 0.15) is 4.99 Å². The minimum atomic E-state index is -4.47. The Kier molecular flexibility index (Phi) is 4.73. The molecular weight excluding hydrogens is 301 g/mol. The third-order valence-corrected chi connectivity index (χ3v) is 3.61. The van der Waals surface area contributed by atoms with Crippen LogP contribution in [0.1, 0.15) is 24.5 Å². The van der Waals surface area contributed by atoms with E-state index in [-0.39, 0.29) is 16.7 Å². The quantitative estimate of drug-likeness (QED) is 0.851. The van der Waals surface area contributed by atoms with E-state index in [1.54, 1.807) is 0 Å². The summed E-state index contributed by atoms with van der Waals surface area (Å²) in [5.74, 6) is 0. The zero-order valence-electron chi connectivity index (χ0n) is 11.6. The average Bonchev–Trinajstić information content (AvgIpc) is 2.61. The summed E-state index contributed by atoms with van der Waals surface area (Å²) in [6, 6.07) is 3.92. The lowest BCUT2D eigenvalue weighted by Gasteiger charge is -2.25. The zero-order valence-corrected chi connectivity index (χ0v) is 12.4. The molecule has 1 heterocycles. The number of halogens is 3. The average molecular weight is 318 g/mol. The van der Waals surface area contributed by atoms with E-state index in [0.717, 1.165) is 19.0 Å². The standard InChI is InChI=1S/C14H17F3N2OS/c1-9-8-19(5-2-6-20-9)10-3-4-12(14(15,16)17)11(7-10)13(18)21/h3-4,7,9H,2,5-6,8H2,1H3,(H2,18,21). The van der Waals surface area contributed by atoms with Gasteiger partial charge >= 0.3 is 6.18 Å². The first-order valence-corrected chi connectivity index (χ1v) is 7.07. The molecule has 1 aromatic carbocycles. The number of alkyl halides is 3. The molecule has 7 heteroatoms. The molecule has 1 aromatic rings. The zero-order chi connectivity index (χ0) is 15.6. The number of ether oxygens (including phenoxy) is 1. The molecule has 116 valence electrons. The maximum atomic E-state index is 13.0. The lowest BCUT2D eigenvalue weighted by Crippen LogP contribution is -2.30. The van der Waals surface area contributed by atoms with Crippen molar-refractivity contribution >= 4 is 22.9 Å². The Morgan fingerprint density at radius 3 is 2.76 bits per heavy atom. The molecule has 3 nitrogen and oxygen atoms in total. The second-order valence-electron chi connectivity index (χ2n) is 5.07. The molecule has 21 heavy (non-hydrogen) atoms. The van der Waals surface area contributed by atoms with Crippen molar-refractivity contribution < 1.29 is 17.9 Å². The van der Waals surface area contributed by atoms with Crippen LogP contribution in [0.3, 0.4) is 0 Å². The molecule has 1 fully saturated rings. The molecule has 0 spiro atoms. The summed E-state index contributed by atoms with van der Waals surface area (Å²) in [5.41, 5.74) is 5.21. The van der Waals surface area contributed by atoms with Crippen LogP contribution in [-0.4, -0.2) is 30.8 Å². The second-order valence-corrected chi connectivity index (χ2v) is 5.51. The highest BCUT2D eigenvalue weighted by molar-refractivity contribution is 7.80. The van der Waals surface area contributed by atoms with Gasteiger partial charge in [-0.05, 0) is 31.5 Å². The van der Waals surface area contributed by atoms with Crippen LogP contribution >= 0.6 is 12.2 Å². The molecule has 1 unspecified atom stereocenters. The van der Waals surface area contributed by atoms with Crippen LogP contribution in [0.25, 0.3) is 0 Å². The van der Waals surface area contributed by atoms with Crippen molar-refractivity contribution in [3.8, 4) is 0 Å². The second kappa shape index (κ2) is 6.19. The molecule has 0 aliphatic carbocycles.